The molecule has 2 aromatic carbocycles. The van der Waals surface area contributed by atoms with Gasteiger partial charge in [0.05, 0.1) is 18.9 Å². The van der Waals surface area contributed by atoms with E-state index in [1.54, 1.807) is 11.3 Å². The third-order valence-corrected chi connectivity index (χ3v) is 5.16. The lowest BCUT2D eigenvalue weighted by Gasteiger charge is -2.06. The lowest BCUT2D eigenvalue weighted by Crippen LogP contribution is -2.04. The Kier molecular flexibility index (Phi) is 4.80. The molecule has 0 saturated carbocycles. The lowest BCUT2D eigenvalue weighted by molar-refractivity contribution is -0.139. The number of thiophene rings is 1. The number of rotatable bonds is 5. The van der Waals surface area contributed by atoms with Crippen molar-refractivity contribution in [2.24, 2.45) is 0 Å². The highest BCUT2D eigenvalue weighted by molar-refractivity contribution is 7.21. The van der Waals surface area contributed by atoms with Gasteiger partial charge in [-0.1, -0.05) is 42.5 Å². The average Bonchev–Trinajstić information content (AvgIpc) is 3.15. The average molecular weight is 376 g/mol. The van der Waals surface area contributed by atoms with E-state index in [2.05, 4.69) is 32.9 Å². The fraction of sp³-hybridized carbons (Fsp3) is 0.0952. The van der Waals surface area contributed by atoms with Crippen molar-refractivity contribution in [1.82, 2.24) is 9.97 Å². The first-order valence-electron chi connectivity index (χ1n) is 8.36. The first kappa shape index (κ1) is 17.2. The Bertz CT molecular complexity index is 1080. The van der Waals surface area contributed by atoms with Crippen molar-refractivity contribution in [2.45, 2.75) is 6.42 Å². The van der Waals surface area contributed by atoms with Crippen LogP contribution >= 0.6 is 11.3 Å². The van der Waals surface area contributed by atoms with Crippen LogP contribution in [-0.4, -0.2) is 23.0 Å². The van der Waals surface area contributed by atoms with Crippen molar-refractivity contribution in [1.29, 1.82) is 0 Å². The fourth-order valence-corrected chi connectivity index (χ4v) is 3.68. The predicted molar refractivity (Wildman–Crippen MR) is 105 cm³/mol. The van der Waals surface area contributed by atoms with E-state index in [0.717, 1.165) is 26.2 Å². The number of esters is 1. The molecule has 0 aliphatic heterocycles. The molecule has 0 unspecified atom stereocenters. The molecule has 0 spiro atoms. The molecule has 0 atom stereocenters. The Balaban J connectivity index is 1.60. The van der Waals surface area contributed by atoms with Gasteiger partial charge in [-0.2, -0.15) is 0 Å². The third kappa shape index (κ3) is 3.80. The van der Waals surface area contributed by atoms with Gasteiger partial charge in [0, 0.05) is 4.88 Å². The van der Waals surface area contributed by atoms with Gasteiger partial charge in [-0.15, -0.1) is 11.3 Å². The van der Waals surface area contributed by atoms with Gasteiger partial charge in [-0.3, -0.25) is 4.79 Å². The summed E-state index contributed by atoms with van der Waals surface area (Å²) in [4.78, 5) is 22.0. The van der Waals surface area contributed by atoms with Crippen molar-refractivity contribution in [3.63, 3.8) is 0 Å². The van der Waals surface area contributed by atoms with E-state index in [1.807, 2.05) is 42.5 Å². The van der Waals surface area contributed by atoms with Crippen LogP contribution in [0.25, 0.3) is 20.7 Å². The van der Waals surface area contributed by atoms with Crippen LogP contribution in [0.3, 0.4) is 0 Å². The van der Waals surface area contributed by atoms with Gasteiger partial charge in [0.1, 0.15) is 16.9 Å². The van der Waals surface area contributed by atoms with Crippen LogP contribution in [0.2, 0.25) is 0 Å². The molecule has 0 aliphatic carbocycles. The SMILES string of the molecule is COC(=O)Cc1ccc(Oc2ncnc3sc(-c4ccccc4)cc23)cc1. The summed E-state index contributed by atoms with van der Waals surface area (Å²) in [7, 11) is 1.38. The van der Waals surface area contributed by atoms with Crippen molar-refractivity contribution >= 4 is 27.5 Å². The quantitative estimate of drug-likeness (QED) is 0.465. The highest BCUT2D eigenvalue weighted by Gasteiger charge is 2.12. The summed E-state index contributed by atoms with van der Waals surface area (Å²) >= 11 is 1.60. The molecule has 0 amide bonds. The van der Waals surface area contributed by atoms with Crippen LogP contribution in [-0.2, 0) is 16.0 Å². The lowest BCUT2D eigenvalue weighted by atomic mass is 10.1. The second kappa shape index (κ2) is 7.55. The monoisotopic (exact) mass is 376 g/mol. The minimum Gasteiger partial charge on any atom is -0.469 e. The Hall–Kier alpha value is -3.25. The van der Waals surface area contributed by atoms with Gasteiger partial charge in [-0.25, -0.2) is 9.97 Å². The first-order valence-corrected chi connectivity index (χ1v) is 9.18. The van der Waals surface area contributed by atoms with E-state index >= 15 is 0 Å². The van der Waals surface area contributed by atoms with Crippen LogP contribution in [0.4, 0.5) is 0 Å². The van der Waals surface area contributed by atoms with Crippen LogP contribution < -0.4 is 4.74 Å². The molecule has 6 heteroatoms. The van der Waals surface area contributed by atoms with Gasteiger partial charge in [0.2, 0.25) is 5.88 Å². The maximum absolute atomic E-state index is 11.4. The third-order valence-electron chi connectivity index (χ3n) is 4.07. The molecule has 0 bridgehead atoms. The molecule has 2 aromatic heterocycles. The summed E-state index contributed by atoms with van der Waals surface area (Å²) in [6.07, 6.45) is 1.74. The van der Waals surface area contributed by atoms with Gasteiger partial charge < -0.3 is 9.47 Å². The zero-order valence-electron chi connectivity index (χ0n) is 14.6. The number of ether oxygens (including phenoxy) is 2. The topological polar surface area (TPSA) is 61.3 Å². The highest BCUT2D eigenvalue weighted by atomic mass is 32.1. The number of hydrogen-bond donors (Lipinski definition) is 0. The van der Waals surface area contributed by atoms with Gasteiger partial charge >= 0.3 is 5.97 Å². The molecule has 0 fully saturated rings. The molecule has 5 nitrogen and oxygen atoms in total. The molecule has 2 heterocycles. The number of hydrogen-bond acceptors (Lipinski definition) is 6. The van der Waals surface area contributed by atoms with Crippen molar-refractivity contribution < 1.29 is 14.3 Å². The summed E-state index contributed by atoms with van der Waals surface area (Å²) in [6, 6.07) is 19.5. The maximum atomic E-state index is 11.4. The predicted octanol–water partition coefficient (Wildman–Crippen LogP) is 4.87. The smallest absolute Gasteiger partial charge is 0.309 e. The number of nitrogens with zero attached hydrogens (tertiary/aromatic N) is 2. The molecular formula is C21H16N2O3S. The van der Waals surface area contributed by atoms with E-state index < -0.39 is 0 Å². The Labute approximate surface area is 160 Å². The van der Waals surface area contributed by atoms with Crippen molar-refractivity contribution in [2.75, 3.05) is 7.11 Å². The van der Waals surface area contributed by atoms with E-state index in [1.165, 1.54) is 13.4 Å². The molecule has 0 N–H and O–H groups in total. The zero-order valence-corrected chi connectivity index (χ0v) is 15.4. The number of carbonyl (C=O) groups is 1. The molecule has 0 radical (unpaired) electrons. The molecular weight excluding hydrogens is 360 g/mol. The second-order valence-electron chi connectivity index (χ2n) is 5.87. The molecule has 4 aromatic rings. The summed E-state index contributed by atoms with van der Waals surface area (Å²) in [5.41, 5.74) is 2.00. The number of aromatic nitrogens is 2. The van der Waals surface area contributed by atoms with Crippen LogP contribution in [0.15, 0.2) is 67.0 Å². The van der Waals surface area contributed by atoms with E-state index in [0.29, 0.717) is 11.6 Å². The number of benzene rings is 2. The summed E-state index contributed by atoms with van der Waals surface area (Å²) in [6.45, 7) is 0. The fourth-order valence-electron chi connectivity index (χ4n) is 2.69. The van der Waals surface area contributed by atoms with Gasteiger partial charge in [0.25, 0.3) is 0 Å². The molecule has 134 valence electrons. The van der Waals surface area contributed by atoms with E-state index in [-0.39, 0.29) is 12.4 Å². The number of carbonyl (C=O) groups excluding carboxylic acids is 1. The number of methoxy groups -OCH3 is 1. The maximum Gasteiger partial charge on any atom is 0.309 e. The Morgan fingerprint density at radius 1 is 1.04 bits per heavy atom. The van der Waals surface area contributed by atoms with Crippen LogP contribution in [0.1, 0.15) is 5.56 Å². The summed E-state index contributed by atoms with van der Waals surface area (Å²) in [5, 5.41) is 0.875. The second-order valence-corrected chi connectivity index (χ2v) is 6.90. The normalized spacial score (nSPS) is 10.7. The van der Waals surface area contributed by atoms with E-state index in [4.69, 9.17) is 4.74 Å². The first-order chi connectivity index (χ1) is 13.2. The van der Waals surface area contributed by atoms with E-state index in [9.17, 15) is 4.79 Å². The largest absolute Gasteiger partial charge is 0.469 e. The molecule has 4 rings (SSSR count). The van der Waals surface area contributed by atoms with Gasteiger partial charge in [-0.05, 0) is 29.3 Å². The summed E-state index contributed by atoms with van der Waals surface area (Å²) < 4.78 is 10.6. The molecule has 0 aliphatic rings. The van der Waals surface area contributed by atoms with Crippen molar-refractivity contribution in [3.05, 3.63) is 72.6 Å². The minimum absolute atomic E-state index is 0.236. The highest BCUT2D eigenvalue weighted by Crippen LogP contribution is 2.37. The Morgan fingerprint density at radius 3 is 2.56 bits per heavy atom. The van der Waals surface area contributed by atoms with Gasteiger partial charge in [0.15, 0.2) is 0 Å². The number of fused-ring (bicyclic) bond motifs is 1. The van der Waals surface area contributed by atoms with Crippen LogP contribution in [0, 0.1) is 0 Å². The molecule has 27 heavy (non-hydrogen) atoms. The van der Waals surface area contributed by atoms with Crippen molar-refractivity contribution in [3.8, 4) is 22.1 Å². The summed E-state index contributed by atoms with van der Waals surface area (Å²) in [5.74, 6) is 0.892. The van der Waals surface area contributed by atoms with Crippen LogP contribution in [0.5, 0.6) is 11.6 Å². The molecule has 0 saturated heterocycles. The Morgan fingerprint density at radius 2 is 1.81 bits per heavy atom. The standard InChI is InChI=1S/C21H16N2O3S/c1-25-19(24)11-14-7-9-16(10-8-14)26-20-17-12-18(15-5-3-2-4-6-15)27-21(17)23-13-22-20/h2-10,12-13H,11H2,1H3. The minimum atomic E-state index is -0.270. The zero-order chi connectivity index (χ0) is 18.6.